The topological polar surface area (TPSA) is 21.3 Å². The van der Waals surface area contributed by atoms with Gasteiger partial charge < -0.3 is 10.1 Å². The second kappa shape index (κ2) is 6.77. The van der Waals surface area contributed by atoms with Gasteiger partial charge in [-0.1, -0.05) is 35.9 Å². The van der Waals surface area contributed by atoms with Crippen LogP contribution in [-0.4, -0.2) is 7.11 Å². The molecule has 0 bridgehead atoms. The maximum atomic E-state index is 5.30. The third-order valence-corrected chi connectivity index (χ3v) is 3.99. The first-order valence-electron chi connectivity index (χ1n) is 7.48. The van der Waals surface area contributed by atoms with Crippen LogP contribution in [0.1, 0.15) is 48.2 Å². The van der Waals surface area contributed by atoms with Crippen LogP contribution >= 0.6 is 0 Å². The van der Waals surface area contributed by atoms with Crippen molar-refractivity contribution in [2.45, 2.75) is 39.8 Å². The molecule has 2 aromatic carbocycles. The lowest BCUT2D eigenvalue weighted by molar-refractivity contribution is 0.412. The molecule has 0 amide bonds. The summed E-state index contributed by atoms with van der Waals surface area (Å²) < 4.78 is 5.30. The molecule has 0 aliphatic rings. The van der Waals surface area contributed by atoms with Gasteiger partial charge in [-0.25, -0.2) is 0 Å². The van der Waals surface area contributed by atoms with Gasteiger partial charge in [0, 0.05) is 12.1 Å². The number of methoxy groups -OCH3 is 1. The summed E-state index contributed by atoms with van der Waals surface area (Å²) in [7, 11) is 1.70. The van der Waals surface area contributed by atoms with Crippen molar-refractivity contribution in [1.29, 1.82) is 0 Å². The first kappa shape index (κ1) is 15.6. The SMILES string of the molecule is COc1cccc([C@@H](C)NC(C)c2ccc(C)cc2C)c1. The lowest BCUT2D eigenvalue weighted by Crippen LogP contribution is -2.23. The van der Waals surface area contributed by atoms with Crippen molar-refractivity contribution in [3.8, 4) is 5.75 Å². The third kappa shape index (κ3) is 3.85. The van der Waals surface area contributed by atoms with Gasteiger partial charge >= 0.3 is 0 Å². The average molecular weight is 283 g/mol. The Kier molecular flexibility index (Phi) is 5.03. The van der Waals surface area contributed by atoms with Gasteiger partial charge in [0.05, 0.1) is 7.11 Å². The van der Waals surface area contributed by atoms with E-state index in [4.69, 9.17) is 4.74 Å². The zero-order valence-electron chi connectivity index (χ0n) is 13.6. The van der Waals surface area contributed by atoms with Crippen molar-refractivity contribution in [3.63, 3.8) is 0 Å². The van der Waals surface area contributed by atoms with Crippen molar-refractivity contribution < 1.29 is 4.74 Å². The minimum atomic E-state index is 0.274. The van der Waals surface area contributed by atoms with Gasteiger partial charge in [-0.2, -0.15) is 0 Å². The predicted octanol–water partition coefficient (Wildman–Crippen LogP) is 4.72. The summed E-state index contributed by atoms with van der Waals surface area (Å²) in [6.45, 7) is 8.72. The summed E-state index contributed by atoms with van der Waals surface area (Å²) in [5, 5.41) is 3.67. The highest BCUT2D eigenvalue weighted by atomic mass is 16.5. The van der Waals surface area contributed by atoms with E-state index in [0.29, 0.717) is 6.04 Å². The largest absolute Gasteiger partial charge is 0.497 e. The lowest BCUT2D eigenvalue weighted by atomic mass is 9.98. The smallest absolute Gasteiger partial charge is 0.119 e. The molecule has 21 heavy (non-hydrogen) atoms. The van der Waals surface area contributed by atoms with E-state index < -0.39 is 0 Å². The molecule has 0 radical (unpaired) electrons. The van der Waals surface area contributed by atoms with Crippen LogP contribution < -0.4 is 10.1 Å². The normalized spacial score (nSPS) is 13.8. The molecule has 0 aromatic heterocycles. The Hall–Kier alpha value is -1.80. The Morgan fingerprint density at radius 2 is 1.71 bits per heavy atom. The van der Waals surface area contributed by atoms with Crippen LogP contribution in [0.25, 0.3) is 0 Å². The van der Waals surface area contributed by atoms with Gasteiger partial charge in [0.2, 0.25) is 0 Å². The van der Waals surface area contributed by atoms with Crippen LogP contribution in [0.2, 0.25) is 0 Å². The zero-order chi connectivity index (χ0) is 15.4. The molecule has 0 aliphatic carbocycles. The van der Waals surface area contributed by atoms with E-state index in [1.807, 2.05) is 12.1 Å². The number of hydrogen-bond donors (Lipinski definition) is 1. The van der Waals surface area contributed by atoms with Crippen molar-refractivity contribution in [3.05, 3.63) is 64.7 Å². The molecule has 0 saturated carbocycles. The van der Waals surface area contributed by atoms with E-state index in [9.17, 15) is 0 Å². The van der Waals surface area contributed by atoms with Crippen molar-refractivity contribution in [1.82, 2.24) is 5.32 Å². The fourth-order valence-corrected chi connectivity index (χ4v) is 2.78. The highest BCUT2D eigenvalue weighted by molar-refractivity contribution is 5.34. The van der Waals surface area contributed by atoms with E-state index in [1.165, 1.54) is 22.3 Å². The minimum Gasteiger partial charge on any atom is -0.497 e. The minimum absolute atomic E-state index is 0.274. The number of benzene rings is 2. The Balaban J connectivity index is 2.12. The van der Waals surface area contributed by atoms with Crippen molar-refractivity contribution in [2.24, 2.45) is 0 Å². The lowest BCUT2D eigenvalue weighted by Gasteiger charge is -2.22. The number of rotatable bonds is 5. The molecule has 0 saturated heterocycles. The average Bonchev–Trinajstić information content (AvgIpc) is 2.47. The maximum absolute atomic E-state index is 5.30. The number of hydrogen-bond acceptors (Lipinski definition) is 2. The molecule has 112 valence electrons. The van der Waals surface area contributed by atoms with Crippen LogP contribution in [0.15, 0.2) is 42.5 Å². The van der Waals surface area contributed by atoms with E-state index in [1.54, 1.807) is 7.11 Å². The molecule has 2 heteroatoms. The first-order valence-corrected chi connectivity index (χ1v) is 7.48. The fraction of sp³-hybridized carbons (Fsp3) is 0.368. The van der Waals surface area contributed by atoms with Gasteiger partial charge in [-0.05, 0) is 56.5 Å². The summed E-state index contributed by atoms with van der Waals surface area (Å²) in [4.78, 5) is 0. The molecular weight excluding hydrogens is 258 g/mol. The molecule has 2 rings (SSSR count). The van der Waals surface area contributed by atoms with Crippen molar-refractivity contribution in [2.75, 3.05) is 7.11 Å². The van der Waals surface area contributed by atoms with Crippen LogP contribution in [0.5, 0.6) is 5.75 Å². The Labute approximate surface area is 128 Å². The molecule has 0 heterocycles. The van der Waals surface area contributed by atoms with Crippen LogP contribution in [0.3, 0.4) is 0 Å². The van der Waals surface area contributed by atoms with Crippen LogP contribution in [-0.2, 0) is 0 Å². The zero-order valence-corrected chi connectivity index (χ0v) is 13.6. The summed E-state index contributed by atoms with van der Waals surface area (Å²) in [5.41, 5.74) is 5.25. The fourth-order valence-electron chi connectivity index (χ4n) is 2.78. The van der Waals surface area contributed by atoms with E-state index >= 15 is 0 Å². The summed E-state index contributed by atoms with van der Waals surface area (Å²) in [6.07, 6.45) is 0. The molecule has 0 spiro atoms. The van der Waals surface area contributed by atoms with E-state index in [-0.39, 0.29) is 6.04 Å². The Morgan fingerprint density at radius 1 is 0.952 bits per heavy atom. The summed E-state index contributed by atoms with van der Waals surface area (Å²) >= 11 is 0. The molecule has 1 unspecified atom stereocenters. The molecule has 2 nitrogen and oxygen atoms in total. The molecule has 0 fully saturated rings. The van der Waals surface area contributed by atoms with Gasteiger partial charge in [0.1, 0.15) is 5.75 Å². The molecule has 2 atom stereocenters. The summed E-state index contributed by atoms with van der Waals surface area (Å²) in [6, 6.07) is 15.5. The summed E-state index contributed by atoms with van der Waals surface area (Å²) in [5.74, 6) is 0.903. The van der Waals surface area contributed by atoms with Gasteiger partial charge in [0.25, 0.3) is 0 Å². The molecule has 2 aromatic rings. The highest BCUT2D eigenvalue weighted by Crippen LogP contribution is 2.24. The highest BCUT2D eigenvalue weighted by Gasteiger charge is 2.13. The van der Waals surface area contributed by atoms with E-state index in [0.717, 1.165) is 5.75 Å². The Morgan fingerprint density at radius 3 is 2.38 bits per heavy atom. The standard InChI is InChI=1S/C19H25NO/c1-13-9-10-19(14(2)11-13)16(4)20-15(3)17-7-6-8-18(12-17)21-5/h6-12,15-16,20H,1-5H3/t15-,16?/m1/s1. The third-order valence-electron chi connectivity index (χ3n) is 3.99. The molecule has 1 N–H and O–H groups in total. The van der Waals surface area contributed by atoms with Crippen LogP contribution in [0.4, 0.5) is 0 Å². The first-order chi connectivity index (χ1) is 10.0. The second-order valence-corrected chi connectivity index (χ2v) is 5.75. The van der Waals surface area contributed by atoms with E-state index in [2.05, 4.69) is 63.3 Å². The predicted molar refractivity (Wildman–Crippen MR) is 88.9 cm³/mol. The van der Waals surface area contributed by atoms with Crippen LogP contribution in [0, 0.1) is 13.8 Å². The number of aryl methyl sites for hydroxylation is 2. The maximum Gasteiger partial charge on any atom is 0.119 e. The number of nitrogens with one attached hydrogen (secondary N) is 1. The van der Waals surface area contributed by atoms with Gasteiger partial charge in [-0.15, -0.1) is 0 Å². The second-order valence-electron chi connectivity index (χ2n) is 5.75. The molecular formula is C19H25NO. The van der Waals surface area contributed by atoms with Gasteiger partial charge in [0.15, 0.2) is 0 Å². The van der Waals surface area contributed by atoms with Crippen molar-refractivity contribution >= 4 is 0 Å². The quantitative estimate of drug-likeness (QED) is 0.857. The number of ether oxygens (including phenoxy) is 1. The van der Waals surface area contributed by atoms with Gasteiger partial charge in [-0.3, -0.25) is 0 Å². The molecule has 0 aliphatic heterocycles. The monoisotopic (exact) mass is 283 g/mol. The Bertz CT molecular complexity index is 606.